The third-order valence-corrected chi connectivity index (χ3v) is 11.7. The van der Waals surface area contributed by atoms with Gasteiger partial charge in [-0.1, -0.05) is 30.7 Å². The van der Waals surface area contributed by atoms with Crippen molar-refractivity contribution in [3.63, 3.8) is 0 Å². The van der Waals surface area contributed by atoms with Gasteiger partial charge in [-0.2, -0.15) is 11.8 Å². The summed E-state index contributed by atoms with van der Waals surface area (Å²) in [6, 6.07) is 23.8. The zero-order valence-electron chi connectivity index (χ0n) is 32.8. The van der Waals surface area contributed by atoms with E-state index in [2.05, 4.69) is 26.6 Å². The third-order valence-electron chi connectivity index (χ3n) is 10.2. The Balaban J connectivity index is 0.840. The number of fused-ring (bicyclic) bond motifs is 1. The molecule has 2 aliphatic rings. The summed E-state index contributed by atoms with van der Waals surface area (Å²) in [7, 11) is 0. The molecule has 2 fully saturated rings. The standard InChI is InChI=1S/C44H46FN5O9S/c1-26(43(55)56)30-12-19-34(35(45)22-30)27-6-13-31(14-7-27)48-40(53)24-59-33-17-10-29(11-18-33)42(54)28-8-15-32(16-9-28)58-23-39(52)47-21-20-46-38(51)5-3-2-4-37-41-36(25-60-37)49-44(57)50-41/h6-19,22,26,36-37,41H,2-5,20-21,23-25H2,1H3,(H,46,51)(H,47,52)(H,48,53)(H,55,56)(H2,49,50,57)/t26?,36-,37-,41-/m1/s1. The Morgan fingerprint density at radius 2 is 1.42 bits per heavy atom. The van der Waals surface area contributed by atoms with Gasteiger partial charge in [0.25, 0.3) is 11.8 Å². The number of carboxylic acids is 1. The van der Waals surface area contributed by atoms with Crippen molar-refractivity contribution in [3.05, 3.63) is 114 Å². The first-order valence-electron chi connectivity index (χ1n) is 19.6. The van der Waals surface area contributed by atoms with E-state index in [0.717, 1.165) is 25.0 Å². The molecule has 2 aliphatic heterocycles. The maximum absolute atomic E-state index is 14.7. The average Bonchev–Trinajstić information content (AvgIpc) is 3.81. The molecule has 0 spiro atoms. The molecule has 0 aliphatic carbocycles. The van der Waals surface area contributed by atoms with Gasteiger partial charge < -0.3 is 41.2 Å². The molecule has 0 bridgehead atoms. The van der Waals surface area contributed by atoms with Crippen LogP contribution in [-0.4, -0.2) is 90.0 Å². The number of halogens is 1. The zero-order valence-corrected chi connectivity index (χ0v) is 33.6. The van der Waals surface area contributed by atoms with Crippen molar-refractivity contribution in [1.82, 2.24) is 21.3 Å². The van der Waals surface area contributed by atoms with Crippen LogP contribution in [0.5, 0.6) is 11.5 Å². The summed E-state index contributed by atoms with van der Waals surface area (Å²) in [5.41, 5.74) is 2.49. The van der Waals surface area contributed by atoms with Crippen LogP contribution in [0.25, 0.3) is 11.1 Å². The molecule has 60 heavy (non-hydrogen) atoms. The minimum absolute atomic E-state index is 0.0777. The lowest BCUT2D eigenvalue weighted by Crippen LogP contribution is -2.37. The molecule has 2 heterocycles. The van der Waals surface area contributed by atoms with Crippen molar-refractivity contribution in [2.45, 2.75) is 55.9 Å². The van der Waals surface area contributed by atoms with Gasteiger partial charge in [0.05, 0.1) is 18.0 Å². The van der Waals surface area contributed by atoms with Crippen molar-refractivity contribution in [2.24, 2.45) is 0 Å². The SMILES string of the molecule is CC(C(=O)O)c1ccc(-c2ccc(NC(=O)COc3ccc(C(=O)c4ccc(OCC(=O)NCCNC(=O)CCCC[C@H]5SC[C@H]6NC(=O)N[C@H]65)cc4)cc3)cc2)c(F)c1. The number of nitrogens with one attached hydrogen (secondary N) is 5. The van der Waals surface area contributed by atoms with Crippen LogP contribution >= 0.6 is 11.8 Å². The number of ether oxygens (including phenoxy) is 2. The van der Waals surface area contributed by atoms with Gasteiger partial charge in [0.2, 0.25) is 5.91 Å². The maximum Gasteiger partial charge on any atom is 0.315 e. The Hall–Kier alpha value is -6.42. The fourth-order valence-corrected chi connectivity index (χ4v) is 8.34. The number of ketones is 1. The molecule has 0 radical (unpaired) electrons. The summed E-state index contributed by atoms with van der Waals surface area (Å²) in [6.45, 7) is 1.50. The highest BCUT2D eigenvalue weighted by Gasteiger charge is 2.42. The molecule has 0 aromatic heterocycles. The lowest BCUT2D eigenvalue weighted by Gasteiger charge is -2.16. The second-order valence-corrected chi connectivity index (χ2v) is 15.7. The number of aliphatic carboxylic acids is 1. The smallest absolute Gasteiger partial charge is 0.315 e. The number of anilines is 1. The van der Waals surface area contributed by atoms with Crippen molar-refractivity contribution >= 4 is 53.0 Å². The average molecular weight is 840 g/mol. The molecule has 16 heteroatoms. The highest BCUT2D eigenvalue weighted by molar-refractivity contribution is 8.00. The van der Waals surface area contributed by atoms with Crippen LogP contribution in [0.3, 0.4) is 0 Å². The van der Waals surface area contributed by atoms with E-state index in [9.17, 15) is 38.3 Å². The molecule has 1 unspecified atom stereocenters. The van der Waals surface area contributed by atoms with Gasteiger partial charge in [-0.15, -0.1) is 0 Å². The Bertz CT molecular complexity index is 2190. The molecule has 6 N–H and O–H groups in total. The van der Waals surface area contributed by atoms with Crippen molar-refractivity contribution in [2.75, 3.05) is 37.4 Å². The second-order valence-electron chi connectivity index (χ2n) is 14.4. The first-order chi connectivity index (χ1) is 28.9. The predicted octanol–water partition coefficient (Wildman–Crippen LogP) is 5.27. The highest BCUT2D eigenvalue weighted by atomic mass is 32.2. The minimum Gasteiger partial charge on any atom is -0.484 e. The van der Waals surface area contributed by atoms with E-state index in [4.69, 9.17) is 9.47 Å². The molecule has 314 valence electrons. The van der Waals surface area contributed by atoms with Crippen LogP contribution in [0.2, 0.25) is 0 Å². The summed E-state index contributed by atoms with van der Waals surface area (Å²) in [5, 5.41) is 23.7. The largest absolute Gasteiger partial charge is 0.484 e. The topological polar surface area (TPSA) is 201 Å². The number of carbonyl (C=O) groups excluding carboxylic acids is 5. The maximum atomic E-state index is 14.7. The third kappa shape index (κ3) is 11.8. The fourth-order valence-electron chi connectivity index (χ4n) is 6.79. The number of thioether (sulfide) groups is 1. The zero-order chi connectivity index (χ0) is 42.6. The molecule has 4 atom stereocenters. The second kappa shape index (κ2) is 20.5. The van der Waals surface area contributed by atoms with E-state index in [1.165, 1.54) is 19.1 Å². The number of carbonyl (C=O) groups is 6. The molecule has 4 aromatic rings. The Kier molecular flexibility index (Phi) is 14.8. The normalized spacial score (nSPS) is 17.0. The number of urea groups is 1. The van der Waals surface area contributed by atoms with Crippen molar-refractivity contribution in [1.29, 1.82) is 0 Å². The number of amides is 5. The Morgan fingerprint density at radius 3 is 2.03 bits per heavy atom. The van der Waals surface area contributed by atoms with Crippen LogP contribution in [0.4, 0.5) is 14.9 Å². The summed E-state index contributed by atoms with van der Waals surface area (Å²) < 4.78 is 25.9. The molecule has 4 aromatic carbocycles. The summed E-state index contributed by atoms with van der Waals surface area (Å²) >= 11 is 1.86. The summed E-state index contributed by atoms with van der Waals surface area (Å²) in [6.07, 6.45) is 2.98. The van der Waals surface area contributed by atoms with Crippen LogP contribution in [0.1, 0.15) is 60.0 Å². The molecule has 2 saturated heterocycles. The monoisotopic (exact) mass is 839 g/mol. The van der Waals surface area contributed by atoms with Crippen LogP contribution in [0.15, 0.2) is 91.0 Å². The molecular formula is C44H46FN5O9S. The first kappa shape index (κ1) is 43.2. The van der Waals surface area contributed by atoms with E-state index in [-0.39, 0.29) is 55.5 Å². The number of carboxylic acid groups (broad SMARTS) is 1. The molecule has 0 saturated carbocycles. The minimum atomic E-state index is -1.04. The molecule has 14 nitrogen and oxygen atoms in total. The van der Waals surface area contributed by atoms with Crippen LogP contribution in [0, 0.1) is 5.82 Å². The van der Waals surface area contributed by atoms with E-state index < -0.39 is 23.6 Å². The lowest BCUT2D eigenvalue weighted by molar-refractivity contribution is -0.138. The molecular weight excluding hydrogens is 794 g/mol. The van der Waals surface area contributed by atoms with E-state index in [0.29, 0.717) is 63.2 Å². The van der Waals surface area contributed by atoms with Gasteiger partial charge >= 0.3 is 12.0 Å². The van der Waals surface area contributed by atoms with E-state index in [1.54, 1.807) is 78.9 Å². The Morgan fingerprint density at radius 1 is 0.800 bits per heavy atom. The van der Waals surface area contributed by atoms with Crippen LogP contribution < -0.4 is 36.1 Å². The van der Waals surface area contributed by atoms with Gasteiger partial charge in [-0.05, 0) is 97.6 Å². The van der Waals surface area contributed by atoms with Crippen molar-refractivity contribution in [3.8, 4) is 22.6 Å². The van der Waals surface area contributed by atoms with Crippen molar-refractivity contribution < 1.29 is 47.7 Å². The van der Waals surface area contributed by atoms with Crippen LogP contribution in [-0.2, 0) is 19.2 Å². The first-order valence-corrected chi connectivity index (χ1v) is 20.6. The summed E-state index contributed by atoms with van der Waals surface area (Å²) in [5.74, 6) is -1.85. The Labute approximate surface area is 350 Å². The predicted molar refractivity (Wildman–Crippen MR) is 224 cm³/mol. The number of hydrogen-bond donors (Lipinski definition) is 6. The molecule has 6 rings (SSSR count). The van der Waals surface area contributed by atoms with Gasteiger partial charge in [-0.3, -0.25) is 24.0 Å². The van der Waals surface area contributed by atoms with Gasteiger partial charge in [0.1, 0.15) is 17.3 Å². The fraction of sp³-hybridized carbons (Fsp3) is 0.318. The van der Waals surface area contributed by atoms with Gasteiger partial charge in [0, 0.05) is 52.9 Å². The van der Waals surface area contributed by atoms with E-state index >= 15 is 0 Å². The number of benzene rings is 4. The number of unbranched alkanes of at least 4 members (excludes halogenated alkanes) is 1. The van der Waals surface area contributed by atoms with Gasteiger partial charge in [0.15, 0.2) is 19.0 Å². The van der Waals surface area contributed by atoms with E-state index in [1.807, 2.05) is 11.8 Å². The quantitative estimate of drug-likeness (QED) is 0.0387. The number of hydrogen-bond acceptors (Lipinski definition) is 9. The lowest BCUT2D eigenvalue weighted by atomic mass is 9.97. The van der Waals surface area contributed by atoms with Gasteiger partial charge in [-0.25, -0.2) is 9.18 Å². The highest BCUT2D eigenvalue weighted by Crippen LogP contribution is 2.33. The summed E-state index contributed by atoms with van der Waals surface area (Å²) in [4.78, 5) is 72.8. The molecule has 5 amide bonds. The number of rotatable bonds is 20.